The Balaban J connectivity index is 1.73. The molecule has 2 unspecified atom stereocenters. The van der Waals surface area contributed by atoms with Crippen molar-refractivity contribution in [3.63, 3.8) is 0 Å². The molecule has 1 saturated heterocycles. The number of piperidine rings is 1. The number of halogens is 1. The number of anilines is 2. The Labute approximate surface area is 135 Å². The fraction of sp³-hybridized carbons (Fsp3) is 0.733. The van der Waals surface area contributed by atoms with Gasteiger partial charge in [0.1, 0.15) is 12.0 Å². The Kier molecular flexibility index (Phi) is 4.43. The minimum absolute atomic E-state index is 0.0802. The minimum Gasteiger partial charge on any atom is -0.392 e. The van der Waals surface area contributed by atoms with E-state index < -0.39 is 0 Å². The molecule has 2 N–H and O–H groups in total. The Bertz CT molecular complexity index is 532. The first-order valence-corrected chi connectivity index (χ1v) is 8.23. The van der Waals surface area contributed by atoms with Crippen molar-refractivity contribution in [2.45, 2.75) is 38.4 Å². The molecule has 0 radical (unpaired) electrons. The lowest BCUT2D eigenvalue weighted by molar-refractivity contribution is -0.199. The highest BCUT2D eigenvalue weighted by atomic mass is 35.5. The van der Waals surface area contributed by atoms with Gasteiger partial charge in [-0.2, -0.15) is 0 Å². The normalized spacial score (nSPS) is 26.8. The lowest BCUT2D eigenvalue weighted by Crippen LogP contribution is -2.62. The molecule has 7 heteroatoms. The molecule has 122 valence electrons. The van der Waals surface area contributed by atoms with E-state index >= 15 is 0 Å². The average Bonchev–Trinajstić information content (AvgIpc) is 2.54. The third kappa shape index (κ3) is 2.43. The third-order valence-electron chi connectivity index (χ3n) is 5.13. The zero-order valence-corrected chi connectivity index (χ0v) is 13.8. The van der Waals surface area contributed by atoms with Crippen molar-refractivity contribution in [1.29, 1.82) is 0 Å². The van der Waals surface area contributed by atoms with Gasteiger partial charge in [-0.05, 0) is 19.8 Å². The van der Waals surface area contributed by atoms with E-state index in [1.165, 1.54) is 6.33 Å². The molecule has 1 aliphatic heterocycles. The Morgan fingerprint density at radius 1 is 1.45 bits per heavy atom. The summed E-state index contributed by atoms with van der Waals surface area (Å²) in [6, 6.07) is 0. The van der Waals surface area contributed by atoms with Gasteiger partial charge in [-0.3, -0.25) is 0 Å². The molecule has 0 bridgehead atoms. The molecule has 1 aromatic heterocycles. The molecule has 1 aliphatic carbocycles. The van der Waals surface area contributed by atoms with E-state index in [4.69, 9.17) is 16.3 Å². The second-order valence-electron chi connectivity index (χ2n) is 6.03. The fourth-order valence-electron chi connectivity index (χ4n) is 3.76. The lowest BCUT2D eigenvalue weighted by atomic mass is 9.58. The van der Waals surface area contributed by atoms with Crippen LogP contribution in [0.3, 0.4) is 0 Å². The topological polar surface area (TPSA) is 70.5 Å². The summed E-state index contributed by atoms with van der Waals surface area (Å²) >= 11 is 6.13. The van der Waals surface area contributed by atoms with Gasteiger partial charge in [-0.25, -0.2) is 9.97 Å². The maximum Gasteiger partial charge on any atom is 0.157 e. The number of rotatable bonds is 4. The number of aliphatic hydroxyl groups excluding tert-OH is 1. The van der Waals surface area contributed by atoms with Crippen molar-refractivity contribution in [3.8, 4) is 0 Å². The first-order valence-electron chi connectivity index (χ1n) is 7.85. The molecular weight excluding hydrogens is 304 g/mol. The van der Waals surface area contributed by atoms with Crippen molar-refractivity contribution in [1.82, 2.24) is 9.97 Å². The van der Waals surface area contributed by atoms with E-state index in [1.54, 1.807) is 0 Å². The Hall–Kier alpha value is -1.11. The van der Waals surface area contributed by atoms with Crippen molar-refractivity contribution >= 4 is 23.1 Å². The summed E-state index contributed by atoms with van der Waals surface area (Å²) in [5, 5.41) is 13.8. The zero-order valence-electron chi connectivity index (χ0n) is 13.0. The van der Waals surface area contributed by atoms with Crippen LogP contribution in [-0.2, 0) is 4.74 Å². The number of aromatic nitrogens is 2. The van der Waals surface area contributed by atoms with E-state index in [1.807, 2.05) is 14.0 Å². The van der Waals surface area contributed by atoms with Crippen molar-refractivity contribution in [3.05, 3.63) is 11.5 Å². The molecule has 3 rings (SSSR count). The average molecular weight is 327 g/mol. The van der Waals surface area contributed by atoms with Gasteiger partial charge in [0.05, 0.1) is 12.2 Å². The summed E-state index contributed by atoms with van der Waals surface area (Å²) in [5.74, 6) is 0.833. The summed E-state index contributed by atoms with van der Waals surface area (Å²) < 4.78 is 5.81. The van der Waals surface area contributed by atoms with Gasteiger partial charge in [0.15, 0.2) is 11.0 Å². The Morgan fingerprint density at radius 2 is 2.18 bits per heavy atom. The summed E-state index contributed by atoms with van der Waals surface area (Å²) in [5.41, 5.74) is 0.680. The highest BCUT2D eigenvalue weighted by Crippen LogP contribution is 2.51. The third-order valence-corrected chi connectivity index (χ3v) is 5.42. The summed E-state index contributed by atoms with van der Waals surface area (Å²) in [7, 11) is 1.82. The largest absolute Gasteiger partial charge is 0.392 e. The number of aliphatic hydroxyl groups is 1. The molecule has 1 saturated carbocycles. The molecule has 6 nitrogen and oxygen atoms in total. The summed E-state index contributed by atoms with van der Waals surface area (Å²) in [6.07, 6.45) is 4.00. The molecule has 1 spiro atoms. The van der Waals surface area contributed by atoms with Gasteiger partial charge in [0.2, 0.25) is 0 Å². The SMILES string of the molecule is CCOC1CC(O)C12CCN(c1ncnc(Cl)c1NC)CC2. The predicted octanol–water partition coefficient (Wildman–Crippen LogP) is 1.93. The minimum atomic E-state index is -0.246. The predicted molar refractivity (Wildman–Crippen MR) is 86.5 cm³/mol. The number of hydrogen-bond acceptors (Lipinski definition) is 6. The van der Waals surface area contributed by atoms with Crippen molar-refractivity contribution in [2.75, 3.05) is 37.0 Å². The van der Waals surface area contributed by atoms with Crippen LogP contribution in [0.1, 0.15) is 26.2 Å². The first kappa shape index (κ1) is 15.8. The van der Waals surface area contributed by atoms with E-state index in [0.29, 0.717) is 11.8 Å². The second-order valence-corrected chi connectivity index (χ2v) is 6.39. The van der Waals surface area contributed by atoms with Crippen LogP contribution >= 0.6 is 11.6 Å². The number of nitrogens with one attached hydrogen (secondary N) is 1. The maximum absolute atomic E-state index is 10.3. The highest BCUT2D eigenvalue weighted by molar-refractivity contribution is 6.32. The van der Waals surface area contributed by atoms with E-state index in [9.17, 15) is 5.11 Å². The molecule has 2 fully saturated rings. The number of ether oxygens (including phenoxy) is 1. The molecule has 2 atom stereocenters. The quantitative estimate of drug-likeness (QED) is 0.824. The van der Waals surface area contributed by atoms with Crippen LogP contribution in [0.5, 0.6) is 0 Å². The van der Waals surface area contributed by atoms with Crippen LogP contribution in [0.4, 0.5) is 11.5 Å². The Morgan fingerprint density at radius 3 is 2.77 bits per heavy atom. The molecule has 1 aromatic rings. The molecule has 0 amide bonds. The van der Waals surface area contributed by atoms with Gasteiger partial charge < -0.3 is 20.1 Å². The monoisotopic (exact) mass is 326 g/mol. The molecule has 2 heterocycles. The summed E-state index contributed by atoms with van der Waals surface area (Å²) in [6.45, 7) is 4.38. The van der Waals surface area contributed by atoms with E-state index in [0.717, 1.165) is 43.9 Å². The van der Waals surface area contributed by atoms with Crippen LogP contribution < -0.4 is 10.2 Å². The van der Waals surface area contributed by atoms with Crippen LogP contribution in [0.25, 0.3) is 0 Å². The van der Waals surface area contributed by atoms with E-state index in [2.05, 4.69) is 20.2 Å². The van der Waals surface area contributed by atoms with Gasteiger partial charge in [0, 0.05) is 38.6 Å². The van der Waals surface area contributed by atoms with Crippen LogP contribution in [0, 0.1) is 5.41 Å². The summed E-state index contributed by atoms with van der Waals surface area (Å²) in [4.78, 5) is 10.6. The molecule has 0 aromatic carbocycles. The maximum atomic E-state index is 10.3. The van der Waals surface area contributed by atoms with Crippen molar-refractivity contribution in [2.24, 2.45) is 5.41 Å². The van der Waals surface area contributed by atoms with Crippen LogP contribution in [0.2, 0.25) is 5.15 Å². The van der Waals surface area contributed by atoms with Gasteiger partial charge in [-0.15, -0.1) is 0 Å². The molecule has 2 aliphatic rings. The fourth-order valence-corrected chi connectivity index (χ4v) is 3.98. The molecular formula is C15H23ClN4O2. The smallest absolute Gasteiger partial charge is 0.157 e. The van der Waals surface area contributed by atoms with Gasteiger partial charge in [-0.1, -0.05) is 11.6 Å². The zero-order chi connectivity index (χ0) is 15.7. The van der Waals surface area contributed by atoms with Crippen LogP contribution in [-0.4, -0.2) is 54.0 Å². The van der Waals surface area contributed by atoms with Crippen LogP contribution in [0.15, 0.2) is 6.33 Å². The van der Waals surface area contributed by atoms with Gasteiger partial charge in [0.25, 0.3) is 0 Å². The van der Waals surface area contributed by atoms with Gasteiger partial charge >= 0.3 is 0 Å². The number of hydrogen-bond donors (Lipinski definition) is 2. The van der Waals surface area contributed by atoms with Crippen molar-refractivity contribution < 1.29 is 9.84 Å². The lowest BCUT2D eigenvalue weighted by Gasteiger charge is -2.56. The number of nitrogens with zero attached hydrogens (tertiary/aromatic N) is 3. The van der Waals surface area contributed by atoms with E-state index in [-0.39, 0.29) is 17.6 Å². The molecule has 22 heavy (non-hydrogen) atoms. The highest BCUT2D eigenvalue weighted by Gasteiger charge is 2.56. The standard InChI is InChI=1S/C15H23ClN4O2/c1-3-22-11-8-10(21)15(11)4-6-20(7-5-15)14-12(17-2)13(16)18-9-19-14/h9-11,17,21H,3-8H2,1-2H3. The second kappa shape index (κ2) is 6.18. The first-order chi connectivity index (χ1) is 10.6.